The first-order valence-electron chi connectivity index (χ1n) is 7.08. The van der Waals surface area contributed by atoms with Gasteiger partial charge in [-0.25, -0.2) is 9.59 Å². The molecule has 1 aromatic rings. The van der Waals surface area contributed by atoms with Gasteiger partial charge in [0.15, 0.2) is 0 Å². The van der Waals surface area contributed by atoms with Crippen molar-refractivity contribution in [3.8, 4) is 0 Å². The van der Waals surface area contributed by atoms with Gasteiger partial charge >= 0.3 is 12.1 Å². The minimum Gasteiger partial charge on any atom is -0.458 e. The van der Waals surface area contributed by atoms with Crippen molar-refractivity contribution in [3.63, 3.8) is 0 Å². The standard InChI is InChI=1S/C16H22FNO4/c1-16(2,3)22-14(19)13(9-10-17)18-15(20)21-11-12-7-5-4-6-8-12/h4-8,13H,9-11H2,1-3H3,(H,18,20). The fourth-order valence-corrected chi connectivity index (χ4v) is 1.64. The maximum Gasteiger partial charge on any atom is 0.408 e. The van der Waals surface area contributed by atoms with Crippen LogP contribution in [-0.2, 0) is 20.9 Å². The van der Waals surface area contributed by atoms with Crippen LogP contribution >= 0.6 is 0 Å². The lowest BCUT2D eigenvalue weighted by Crippen LogP contribution is -2.44. The molecular formula is C16H22FNO4. The topological polar surface area (TPSA) is 64.6 Å². The first kappa shape index (κ1) is 17.9. The minimum absolute atomic E-state index is 0.0728. The van der Waals surface area contributed by atoms with E-state index in [-0.39, 0.29) is 13.0 Å². The molecule has 6 heteroatoms. The summed E-state index contributed by atoms with van der Waals surface area (Å²) >= 11 is 0. The average molecular weight is 311 g/mol. The molecule has 0 radical (unpaired) electrons. The van der Waals surface area contributed by atoms with Crippen LogP contribution in [0.3, 0.4) is 0 Å². The Morgan fingerprint density at radius 1 is 1.23 bits per heavy atom. The largest absolute Gasteiger partial charge is 0.458 e. The maximum atomic E-state index is 12.5. The van der Waals surface area contributed by atoms with Crippen molar-refractivity contribution in [2.24, 2.45) is 0 Å². The fraction of sp³-hybridized carbons (Fsp3) is 0.500. The molecule has 0 aliphatic rings. The van der Waals surface area contributed by atoms with Crippen LogP contribution in [-0.4, -0.2) is 30.4 Å². The maximum absolute atomic E-state index is 12.5. The molecule has 0 saturated heterocycles. The summed E-state index contributed by atoms with van der Waals surface area (Å²) in [5.74, 6) is -0.679. The Morgan fingerprint density at radius 3 is 2.41 bits per heavy atom. The summed E-state index contributed by atoms with van der Waals surface area (Å²) in [5.41, 5.74) is 0.110. The van der Waals surface area contributed by atoms with Gasteiger partial charge in [0.05, 0.1) is 6.67 Å². The van der Waals surface area contributed by atoms with Crippen molar-refractivity contribution in [2.45, 2.75) is 45.4 Å². The number of alkyl halides is 1. The molecule has 5 nitrogen and oxygen atoms in total. The summed E-state index contributed by atoms with van der Waals surface area (Å²) in [6.07, 6.45) is -0.941. The number of hydrogen-bond acceptors (Lipinski definition) is 4. The van der Waals surface area contributed by atoms with E-state index in [1.807, 2.05) is 18.2 Å². The van der Waals surface area contributed by atoms with Crippen molar-refractivity contribution in [3.05, 3.63) is 35.9 Å². The molecule has 0 spiro atoms. The molecule has 1 rings (SSSR count). The van der Waals surface area contributed by atoms with Gasteiger partial charge in [0, 0.05) is 6.42 Å². The summed E-state index contributed by atoms with van der Waals surface area (Å²) in [6, 6.07) is 8.04. The van der Waals surface area contributed by atoms with Crippen LogP contribution in [0.25, 0.3) is 0 Å². The molecule has 22 heavy (non-hydrogen) atoms. The molecule has 1 amide bonds. The molecule has 0 aliphatic heterocycles. The van der Waals surface area contributed by atoms with Crippen LogP contribution in [0.2, 0.25) is 0 Å². The number of alkyl carbamates (subject to hydrolysis) is 1. The Hall–Kier alpha value is -2.11. The number of nitrogens with one attached hydrogen (secondary N) is 1. The monoisotopic (exact) mass is 311 g/mol. The molecule has 1 atom stereocenters. The third kappa shape index (κ3) is 7.06. The summed E-state index contributed by atoms with van der Waals surface area (Å²) in [7, 11) is 0. The first-order chi connectivity index (χ1) is 10.3. The van der Waals surface area contributed by atoms with E-state index < -0.39 is 30.4 Å². The molecule has 1 unspecified atom stereocenters. The third-order valence-electron chi connectivity index (χ3n) is 2.59. The van der Waals surface area contributed by atoms with Gasteiger partial charge in [-0.3, -0.25) is 4.39 Å². The fourth-order valence-electron chi connectivity index (χ4n) is 1.64. The Bertz CT molecular complexity index is 485. The van der Waals surface area contributed by atoms with Gasteiger partial charge in [-0.2, -0.15) is 0 Å². The number of halogens is 1. The Labute approximate surface area is 129 Å². The molecule has 0 bridgehead atoms. The van der Waals surface area contributed by atoms with E-state index in [1.54, 1.807) is 32.9 Å². The number of esters is 1. The second kappa shape index (κ2) is 8.36. The van der Waals surface area contributed by atoms with Crippen molar-refractivity contribution >= 4 is 12.1 Å². The van der Waals surface area contributed by atoms with Crippen LogP contribution < -0.4 is 5.32 Å². The molecule has 122 valence electrons. The van der Waals surface area contributed by atoms with Crippen molar-refractivity contribution in [2.75, 3.05) is 6.67 Å². The number of hydrogen-bond donors (Lipinski definition) is 1. The smallest absolute Gasteiger partial charge is 0.408 e. The Morgan fingerprint density at radius 2 is 1.86 bits per heavy atom. The molecule has 1 N–H and O–H groups in total. The van der Waals surface area contributed by atoms with E-state index in [0.29, 0.717) is 0 Å². The van der Waals surface area contributed by atoms with Gasteiger partial charge in [-0.05, 0) is 26.3 Å². The number of benzene rings is 1. The number of rotatable bonds is 6. The summed E-state index contributed by atoms with van der Waals surface area (Å²) in [6.45, 7) is 4.42. The number of ether oxygens (including phenoxy) is 2. The lowest BCUT2D eigenvalue weighted by atomic mass is 10.1. The van der Waals surface area contributed by atoms with Gasteiger partial charge < -0.3 is 14.8 Å². The zero-order chi connectivity index (χ0) is 16.6. The molecule has 0 aromatic heterocycles. The molecule has 0 fully saturated rings. The molecule has 0 saturated carbocycles. The third-order valence-corrected chi connectivity index (χ3v) is 2.59. The van der Waals surface area contributed by atoms with E-state index in [4.69, 9.17) is 9.47 Å². The van der Waals surface area contributed by atoms with Crippen LogP contribution in [0.1, 0.15) is 32.8 Å². The molecule has 0 aliphatic carbocycles. The summed E-state index contributed by atoms with van der Waals surface area (Å²) < 4.78 is 22.7. The van der Waals surface area contributed by atoms with Crippen LogP contribution in [0, 0.1) is 0 Å². The highest BCUT2D eigenvalue weighted by Crippen LogP contribution is 2.10. The van der Waals surface area contributed by atoms with Gasteiger partial charge in [0.25, 0.3) is 0 Å². The zero-order valence-corrected chi connectivity index (χ0v) is 13.1. The van der Waals surface area contributed by atoms with E-state index in [2.05, 4.69) is 5.32 Å². The predicted octanol–water partition coefficient (Wildman–Crippen LogP) is 2.98. The highest BCUT2D eigenvalue weighted by molar-refractivity contribution is 5.81. The van der Waals surface area contributed by atoms with Crippen LogP contribution in [0.5, 0.6) is 0 Å². The van der Waals surface area contributed by atoms with Crippen LogP contribution in [0.15, 0.2) is 30.3 Å². The number of amides is 1. The second-order valence-electron chi connectivity index (χ2n) is 5.77. The molecule has 1 aromatic carbocycles. The summed E-state index contributed by atoms with van der Waals surface area (Å²) in [4.78, 5) is 23.6. The Kier molecular flexibility index (Phi) is 6.82. The average Bonchev–Trinajstić information content (AvgIpc) is 2.44. The van der Waals surface area contributed by atoms with E-state index >= 15 is 0 Å². The highest BCUT2D eigenvalue weighted by Gasteiger charge is 2.26. The van der Waals surface area contributed by atoms with Gasteiger partial charge in [0.2, 0.25) is 0 Å². The van der Waals surface area contributed by atoms with Crippen molar-refractivity contribution in [1.82, 2.24) is 5.32 Å². The zero-order valence-electron chi connectivity index (χ0n) is 13.1. The van der Waals surface area contributed by atoms with Gasteiger partial charge in [0.1, 0.15) is 18.2 Å². The normalized spacial score (nSPS) is 12.4. The van der Waals surface area contributed by atoms with Crippen molar-refractivity contribution < 1.29 is 23.5 Å². The van der Waals surface area contributed by atoms with Crippen LogP contribution in [0.4, 0.5) is 9.18 Å². The number of carbonyl (C=O) groups excluding carboxylic acids is 2. The number of carbonyl (C=O) groups is 2. The first-order valence-corrected chi connectivity index (χ1v) is 7.08. The van der Waals surface area contributed by atoms with Gasteiger partial charge in [-0.1, -0.05) is 30.3 Å². The predicted molar refractivity (Wildman–Crippen MR) is 80.0 cm³/mol. The lowest BCUT2D eigenvalue weighted by Gasteiger charge is -2.23. The van der Waals surface area contributed by atoms with E-state index in [0.717, 1.165) is 5.56 Å². The van der Waals surface area contributed by atoms with E-state index in [9.17, 15) is 14.0 Å². The Balaban J connectivity index is 2.51. The highest BCUT2D eigenvalue weighted by atomic mass is 19.1. The molecular weight excluding hydrogens is 289 g/mol. The molecule has 0 heterocycles. The minimum atomic E-state index is -1.06. The summed E-state index contributed by atoms with van der Waals surface area (Å²) in [5, 5.41) is 2.33. The quantitative estimate of drug-likeness (QED) is 0.820. The van der Waals surface area contributed by atoms with Gasteiger partial charge in [-0.15, -0.1) is 0 Å². The SMILES string of the molecule is CC(C)(C)OC(=O)C(CCF)NC(=O)OCc1ccccc1. The second-order valence-corrected chi connectivity index (χ2v) is 5.77. The lowest BCUT2D eigenvalue weighted by molar-refractivity contribution is -0.157. The van der Waals surface area contributed by atoms with E-state index in [1.165, 1.54) is 0 Å². The van der Waals surface area contributed by atoms with Crippen molar-refractivity contribution in [1.29, 1.82) is 0 Å².